The van der Waals surface area contributed by atoms with Crippen molar-refractivity contribution in [3.05, 3.63) is 58.7 Å². The number of nitrogens with zero attached hydrogens (tertiary/aromatic N) is 1. The fourth-order valence-electron chi connectivity index (χ4n) is 2.98. The number of hydrogen-bond acceptors (Lipinski definition) is 2. The van der Waals surface area contributed by atoms with Crippen LogP contribution in [0.25, 0.3) is 0 Å². The Bertz CT molecular complexity index is 631. The van der Waals surface area contributed by atoms with Gasteiger partial charge in [-0.05, 0) is 55.5 Å². The third-order valence-corrected chi connectivity index (χ3v) is 4.17. The lowest BCUT2D eigenvalue weighted by Crippen LogP contribution is -2.28. The van der Waals surface area contributed by atoms with Gasteiger partial charge in [-0.15, -0.1) is 0 Å². The van der Waals surface area contributed by atoms with E-state index in [4.69, 9.17) is 5.73 Å². The largest absolute Gasteiger partial charge is 0.399 e. The Hall–Kier alpha value is -1.96. The molecule has 2 aromatic rings. The molecule has 1 aliphatic heterocycles. The van der Waals surface area contributed by atoms with E-state index in [1.54, 1.807) is 0 Å². The molecule has 20 heavy (non-hydrogen) atoms. The number of nitrogens with two attached hydrogens (primary N) is 1. The van der Waals surface area contributed by atoms with Crippen molar-refractivity contribution >= 4 is 11.4 Å². The Balaban J connectivity index is 1.87. The molecule has 0 saturated carbocycles. The van der Waals surface area contributed by atoms with Crippen LogP contribution in [0.15, 0.2) is 36.4 Å². The fourth-order valence-corrected chi connectivity index (χ4v) is 2.98. The van der Waals surface area contributed by atoms with Crippen molar-refractivity contribution in [3.8, 4) is 0 Å². The summed E-state index contributed by atoms with van der Waals surface area (Å²) in [5.74, 6) is 0. The van der Waals surface area contributed by atoms with Crippen LogP contribution >= 0.6 is 0 Å². The van der Waals surface area contributed by atoms with Crippen LogP contribution in [-0.2, 0) is 13.0 Å². The molecule has 104 valence electrons. The van der Waals surface area contributed by atoms with Gasteiger partial charge in [-0.2, -0.15) is 0 Å². The van der Waals surface area contributed by atoms with E-state index in [1.807, 2.05) is 0 Å². The lowest BCUT2D eigenvalue weighted by molar-refractivity contribution is 0.691. The first-order valence-electron chi connectivity index (χ1n) is 7.33. The van der Waals surface area contributed by atoms with Gasteiger partial charge in [0.25, 0.3) is 0 Å². The number of rotatable bonds is 2. The molecule has 0 aliphatic carbocycles. The van der Waals surface area contributed by atoms with Crippen LogP contribution in [0.1, 0.15) is 28.7 Å². The minimum absolute atomic E-state index is 0.892. The zero-order valence-electron chi connectivity index (χ0n) is 12.3. The lowest BCUT2D eigenvalue weighted by Gasteiger charge is -2.31. The fraction of sp³-hybridized carbons (Fsp3) is 0.333. The molecule has 2 N–H and O–H groups in total. The Morgan fingerprint density at radius 2 is 1.95 bits per heavy atom. The molecule has 0 bridgehead atoms. The number of fused-ring (bicyclic) bond motifs is 1. The molecule has 2 heteroatoms. The van der Waals surface area contributed by atoms with Gasteiger partial charge in [0.15, 0.2) is 0 Å². The van der Waals surface area contributed by atoms with E-state index < -0.39 is 0 Å². The summed E-state index contributed by atoms with van der Waals surface area (Å²) in [5, 5.41) is 0. The summed E-state index contributed by atoms with van der Waals surface area (Å²) in [5.41, 5.74) is 13.6. The summed E-state index contributed by atoms with van der Waals surface area (Å²) >= 11 is 0. The predicted molar refractivity (Wildman–Crippen MR) is 86.1 cm³/mol. The molecule has 3 rings (SSSR count). The maximum Gasteiger partial charge on any atom is 0.0430 e. The third-order valence-electron chi connectivity index (χ3n) is 4.17. The van der Waals surface area contributed by atoms with Crippen LogP contribution in [0.4, 0.5) is 11.4 Å². The van der Waals surface area contributed by atoms with Crippen molar-refractivity contribution in [2.24, 2.45) is 0 Å². The Morgan fingerprint density at radius 1 is 1.10 bits per heavy atom. The number of benzene rings is 2. The molecule has 0 spiro atoms. The standard InChI is InChI=1S/C18H22N2/c1-13-5-8-18-16(10-13)4-3-9-20(18)12-15-7-6-14(2)17(19)11-15/h5-8,10-11H,3-4,9,12,19H2,1-2H3. The van der Waals surface area contributed by atoms with Gasteiger partial charge in [-0.1, -0.05) is 29.8 Å². The van der Waals surface area contributed by atoms with E-state index in [-0.39, 0.29) is 0 Å². The van der Waals surface area contributed by atoms with Crippen LogP contribution in [0, 0.1) is 13.8 Å². The topological polar surface area (TPSA) is 29.3 Å². The van der Waals surface area contributed by atoms with E-state index in [2.05, 4.69) is 55.1 Å². The van der Waals surface area contributed by atoms with E-state index in [0.29, 0.717) is 0 Å². The molecular weight excluding hydrogens is 244 g/mol. The SMILES string of the molecule is Cc1ccc2c(c1)CCCN2Cc1ccc(C)c(N)c1. The minimum Gasteiger partial charge on any atom is -0.399 e. The van der Waals surface area contributed by atoms with Crippen molar-refractivity contribution in [1.82, 2.24) is 0 Å². The molecule has 0 saturated heterocycles. The molecule has 0 fully saturated rings. The molecule has 1 heterocycles. The van der Waals surface area contributed by atoms with Crippen molar-refractivity contribution < 1.29 is 0 Å². The molecule has 0 atom stereocenters. The zero-order valence-corrected chi connectivity index (χ0v) is 12.3. The summed E-state index contributed by atoms with van der Waals surface area (Å²) in [7, 11) is 0. The maximum atomic E-state index is 6.02. The highest BCUT2D eigenvalue weighted by Gasteiger charge is 2.17. The molecular formula is C18H22N2. The third kappa shape index (κ3) is 2.51. The van der Waals surface area contributed by atoms with Crippen molar-refractivity contribution in [2.45, 2.75) is 33.2 Å². The van der Waals surface area contributed by atoms with Crippen LogP contribution in [0.5, 0.6) is 0 Å². The van der Waals surface area contributed by atoms with Gasteiger partial charge in [0.2, 0.25) is 0 Å². The minimum atomic E-state index is 0.892. The maximum absolute atomic E-state index is 6.02. The first kappa shape index (κ1) is 13.0. The number of nitrogen functional groups attached to an aromatic ring is 1. The quantitative estimate of drug-likeness (QED) is 0.837. The van der Waals surface area contributed by atoms with Crippen molar-refractivity contribution in [1.29, 1.82) is 0 Å². The van der Waals surface area contributed by atoms with Gasteiger partial charge in [0.1, 0.15) is 0 Å². The summed E-state index contributed by atoms with van der Waals surface area (Å²) in [4.78, 5) is 2.47. The van der Waals surface area contributed by atoms with Gasteiger partial charge < -0.3 is 10.6 Å². The van der Waals surface area contributed by atoms with Gasteiger partial charge in [-0.25, -0.2) is 0 Å². The van der Waals surface area contributed by atoms with Crippen LogP contribution in [0.3, 0.4) is 0 Å². The highest BCUT2D eigenvalue weighted by molar-refractivity contribution is 5.57. The van der Waals surface area contributed by atoms with Crippen molar-refractivity contribution in [2.75, 3.05) is 17.2 Å². The number of anilines is 2. The Labute approximate surface area is 121 Å². The molecule has 2 nitrogen and oxygen atoms in total. The second kappa shape index (κ2) is 5.20. The monoisotopic (exact) mass is 266 g/mol. The summed E-state index contributed by atoms with van der Waals surface area (Å²) < 4.78 is 0. The summed E-state index contributed by atoms with van der Waals surface area (Å²) in [6.45, 7) is 6.29. The molecule has 0 unspecified atom stereocenters. The van der Waals surface area contributed by atoms with Crippen LogP contribution in [0.2, 0.25) is 0 Å². The van der Waals surface area contributed by atoms with Crippen molar-refractivity contribution in [3.63, 3.8) is 0 Å². The van der Waals surface area contributed by atoms with Gasteiger partial charge >= 0.3 is 0 Å². The van der Waals surface area contributed by atoms with Gasteiger partial charge in [-0.3, -0.25) is 0 Å². The zero-order chi connectivity index (χ0) is 14.1. The number of aryl methyl sites for hydroxylation is 3. The van der Waals surface area contributed by atoms with E-state index >= 15 is 0 Å². The molecule has 0 radical (unpaired) electrons. The second-order valence-corrected chi connectivity index (χ2v) is 5.85. The van der Waals surface area contributed by atoms with Gasteiger partial charge in [0.05, 0.1) is 0 Å². The Kier molecular flexibility index (Phi) is 3.39. The molecule has 2 aromatic carbocycles. The average Bonchev–Trinajstić information content (AvgIpc) is 2.43. The first-order valence-corrected chi connectivity index (χ1v) is 7.33. The predicted octanol–water partition coefficient (Wildman–Crippen LogP) is 3.84. The molecule has 0 amide bonds. The van der Waals surface area contributed by atoms with Crippen LogP contribution in [-0.4, -0.2) is 6.54 Å². The first-order chi connectivity index (χ1) is 9.63. The lowest BCUT2D eigenvalue weighted by atomic mass is 9.99. The Morgan fingerprint density at radius 3 is 2.75 bits per heavy atom. The van der Waals surface area contributed by atoms with Crippen LogP contribution < -0.4 is 10.6 Å². The second-order valence-electron chi connectivity index (χ2n) is 5.85. The smallest absolute Gasteiger partial charge is 0.0430 e. The highest BCUT2D eigenvalue weighted by atomic mass is 15.1. The van der Waals surface area contributed by atoms with E-state index in [1.165, 1.54) is 35.2 Å². The molecule has 0 aromatic heterocycles. The summed E-state index contributed by atoms with van der Waals surface area (Å²) in [6, 6.07) is 13.2. The molecule has 1 aliphatic rings. The average molecular weight is 266 g/mol. The van der Waals surface area contributed by atoms with E-state index in [0.717, 1.165) is 24.3 Å². The normalized spacial score (nSPS) is 14.2. The van der Waals surface area contributed by atoms with Gasteiger partial charge in [0, 0.05) is 24.5 Å². The summed E-state index contributed by atoms with van der Waals surface area (Å²) in [6.07, 6.45) is 2.43. The number of hydrogen-bond donors (Lipinski definition) is 1. The highest BCUT2D eigenvalue weighted by Crippen LogP contribution is 2.29. The van der Waals surface area contributed by atoms with E-state index in [9.17, 15) is 0 Å².